The van der Waals surface area contributed by atoms with Gasteiger partial charge in [0.05, 0.1) is 12.5 Å². The summed E-state index contributed by atoms with van der Waals surface area (Å²) in [5.41, 5.74) is 4.87. The number of nitrogens with zero attached hydrogens (tertiary/aromatic N) is 1. The van der Waals surface area contributed by atoms with Crippen molar-refractivity contribution in [2.24, 2.45) is 0 Å². The van der Waals surface area contributed by atoms with E-state index in [1.165, 1.54) is 21.2 Å². The van der Waals surface area contributed by atoms with Gasteiger partial charge in [-0.2, -0.15) is 5.26 Å². The lowest BCUT2D eigenvalue weighted by molar-refractivity contribution is 1.11. The zero-order valence-electron chi connectivity index (χ0n) is 13.4. The van der Waals surface area contributed by atoms with Crippen molar-refractivity contribution in [1.82, 2.24) is 0 Å². The summed E-state index contributed by atoms with van der Waals surface area (Å²) in [4.78, 5) is 0. The lowest BCUT2D eigenvalue weighted by Crippen LogP contribution is -1.87. The molecule has 0 atom stereocenters. The molecule has 0 aromatic heterocycles. The van der Waals surface area contributed by atoms with Gasteiger partial charge in [0, 0.05) is 14.8 Å². The van der Waals surface area contributed by atoms with Crippen LogP contribution >= 0.6 is 43.5 Å². The first-order chi connectivity index (χ1) is 11.0. The number of nitriles is 1. The van der Waals surface area contributed by atoms with Crippen molar-refractivity contribution in [2.75, 3.05) is 0 Å². The van der Waals surface area contributed by atoms with E-state index in [9.17, 15) is 0 Å². The number of benzene rings is 2. The molecule has 2 aromatic carbocycles. The number of rotatable bonds is 4. The topological polar surface area (TPSA) is 23.8 Å². The maximum atomic E-state index is 8.49. The minimum absolute atomic E-state index is 0.500. The molecule has 1 nitrogen and oxygen atoms in total. The fourth-order valence-corrected chi connectivity index (χ4v) is 3.30. The van der Waals surface area contributed by atoms with Crippen LogP contribution < -0.4 is 0 Å². The van der Waals surface area contributed by atoms with E-state index in [1.54, 1.807) is 0 Å². The zero-order valence-corrected chi connectivity index (χ0v) is 17.3. The van der Waals surface area contributed by atoms with Crippen molar-refractivity contribution >= 4 is 43.5 Å². The third-order valence-electron chi connectivity index (χ3n) is 3.42. The average Bonchev–Trinajstić information content (AvgIpc) is 2.58. The first-order valence-corrected chi connectivity index (χ1v) is 9.65. The molecule has 0 heterocycles. The van der Waals surface area contributed by atoms with E-state index in [-0.39, 0.29) is 0 Å². The van der Waals surface area contributed by atoms with Gasteiger partial charge in [-0.05, 0) is 47.2 Å². The Labute approximate surface area is 160 Å². The molecule has 0 aliphatic rings. The summed E-state index contributed by atoms with van der Waals surface area (Å²) in [7, 11) is 0. The molecular weight excluding hydrogens is 437 g/mol. The van der Waals surface area contributed by atoms with E-state index in [4.69, 9.17) is 16.9 Å². The second kappa shape index (κ2) is 10.9. The van der Waals surface area contributed by atoms with Crippen LogP contribution in [-0.2, 0) is 25.1 Å². The van der Waals surface area contributed by atoms with Crippen LogP contribution in [-0.4, -0.2) is 0 Å². The normalized spacial score (nSPS) is 9.74. The Bertz CT molecular complexity index is 678. The van der Waals surface area contributed by atoms with Gasteiger partial charge in [0.2, 0.25) is 0 Å². The lowest BCUT2D eigenvalue weighted by Gasteiger charge is -2.02. The van der Waals surface area contributed by atoms with Crippen LogP contribution in [0.1, 0.15) is 36.1 Å². The summed E-state index contributed by atoms with van der Waals surface area (Å²) >= 11 is 12.6. The molecule has 0 saturated carbocycles. The van der Waals surface area contributed by atoms with Crippen molar-refractivity contribution in [3.05, 3.63) is 67.6 Å². The van der Waals surface area contributed by atoms with Gasteiger partial charge in [-0.3, -0.25) is 0 Å². The SMILES string of the molecule is CCc1cc(CC#N)ccc1Br.CCc1cc(CCl)ccc1Br. The lowest BCUT2D eigenvalue weighted by atomic mass is 10.1. The van der Waals surface area contributed by atoms with Crippen LogP contribution in [0.2, 0.25) is 0 Å². The molecule has 2 aromatic rings. The first kappa shape index (κ1) is 20.2. The highest BCUT2D eigenvalue weighted by Crippen LogP contribution is 2.20. The molecule has 0 radical (unpaired) electrons. The van der Waals surface area contributed by atoms with Gasteiger partial charge < -0.3 is 0 Å². The molecule has 4 heteroatoms. The van der Waals surface area contributed by atoms with Gasteiger partial charge >= 0.3 is 0 Å². The number of alkyl halides is 1. The van der Waals surface area contributed by atoms with Crippen molar-refractivity contribution in [1.29, 1.82) is 5.26 Å². The maximum Gasteiger partial charge on any atom is 0.0669 e. The highest BCUT2D eigenvalue weighted by molar-refractivity contribution is 9.10. The summed E-state index contributed by atoms with van der Waals surface area (Å²) in [6.45, 7) is 4.24. The Balaban J connectivity index is 0.000000231. The molecular formula is C19H20Br2ClN. The number of hydrogen-bond acceptors (Lipinski definition) is 1. The monoisotopic (exact) mass is 455 g/mol. The van der Waals surface area contributed by atoms with E-state index >= 15 is 0 Å². The molecule has 0 fully saturated rings. The standard InChI is InChI=1S/C10H10BrN.C9H10BrCl/c1-2-9-7-8(5-6-12)3-4-10(9)11;1-2-8-5-7(6-11)3-4-9(8)10/h3-4,7H,2,5H2,1H3;3-5H,2,6H2,1H3. The largest absolute Gasteiger partial charge is 0.198 e. The second-order valence-electron chi connectivity index (χ2n) is 5.03. The molecule has 0 saturated heterocycles. The van der Waals surface area contributed by atoms with Crippen molar-refractivity contribution in [2.45, 2.75) is 39.0 Å². The maximum absolute atomic E-state index is 8.49. The quantitative estimate of drug-likeness (QED) is 0.462. The van der Waals surface area contributed by atoms with Gasteiger partial charge in [0.15, 0.2) is 0 Å². The predicted octanol–water partition coefficient (Wildman–Crippen LogP) is 6.83. The van der Waals surface area contributed by atoms with Crippen LogP contribution in [0.15, 0.2) is 45.3 Å². The van der Waals surface area contributed by atoms with E-state index in [0.29, 0.717) is 12.3 Å². The smallest absolute Gasteiger partial charge is 0.0669 e. The third-order valence-corrected chi connectivity index (χ3v) is 5.28. The highest BCUT2D eigenvalue weighted by Gasteiger charge is 1.99. The van der Waals surface area contributed by atoms with E-state index < -0.39 is 0 Å². The average molecular weight is 458 g/mol. The Morgan fingerprint density at radius 3 is 1.83 bits per heavy atom. The fourth-order valence-electron chi connectivity index (χ4n) is 2.08. The van der Waals surface area contributed by atoms with Gasteiger partial charge in [0.25, 0.3) is 0 Å². The first-order valence-electron chi connectivity index (χ1n) is 7.53. The Hall–Kier alpha value is -0.820. The van der Waals surface area contributed by atoms with Gasteiger partial charge in [0.1, 0.15) is 0 Å². The number of halogens is 3. The Kier molecular flexibility index (Phi) is 9.55. The highest BCUT2D eigenvalue weighted by atomic mass is 79.9. The van der Waals surface area contributed by atoms with Crippen LogP contribution in [0, 0.1) is 11.3 Å². The molecule has 0 aliphatic carbocycles. The van der Waals surface area contributed by atoms with Crippen LogP contribution in [0.3, 0.4) is 0 Å². The third kappa shape index (κ3) is 6.67. The van der Waals surface area contributed by atoms with E-state index in [2.05, 4.69) is 70.0 Å². The molecule has 122 valence electrons. The molecule has 0 unspecified atom stereocenters. The summed E-state index contributed by atoms with van der Waals surface area (Å²) in [5.74, 6) is 0.598. The van der Waals surface area contributed by atoms with Crippen molar-refractivity contribution in [3.63, 3.8) is 0 Å². The molecule has 0 bridgehead atoms. The van der Waals surface area contributed by atoms with Crippen LogP contribution in [0.25, 0.3) is 0 Å². The zero-order chi connectivity index (χ0) is 17.2. The molecule has 23 heavy (non-hydrogen) atoms. The summed E-state index contributed by atoms with van der Waals surface area (Å²) < 4.78 is 2.31. The Morgan fingerprint density at radius 2 is 1.39 bits per heavy atom. The summed E-state index contributed by atoms with van der Waals surface area (Å²) in [5, 5.41) is 8.49. The number of hydrogen-bond donors (Lipinski definition) is 0. The second-order valence-corrected chi connectivity index (χ2v) is 7.00. The minimum atomic E-state index is 0.500. The summed E-state index contributed by atoms with van der Waals surface area (Å²) in [6, 6.07) is 14.4. The van der Waals surface area contributed by atoms with E-state index in [1.807, 2.05) is 18.2 Å². The number of aryl methyl sites for hydroxylation is 2. The molecule has 0 spiro atoms. The van der Waals surface area contributed by atoms with Gasteiger partial charge in [-0.1, -0.05) is 70.0 Å². The molecule has 0 amide bonds. The fraction of sp³-hybridized carbons (Fsp3) is 0.316. The minimum Gasteiger partial charge on any atom is -0.198 e. The van der Waals surface area contributed by atoms with Gasteiger partial charge in [-0.15, -0.1) is 11.6 Å². The Morgan fingerprint density at radius 1 is 0.913 bits per heavy atom. The van der Waals surface area contributed by atoms with Crippen LogP contribution in [0.5, 0.6) is 0 Å². The predicted molar refractivity (Wildman–Crippen MR) is 106 cm³/mol. The summed E-state index contributed by atoms with van der Waals surface area (Å²) in [6.07, 6.45) is 2.55. The van der Waals surface area contributed by atoms with Gasteiger partial charge in [-0.25, -0.2) is 0 Å². The van der Waals surface area contributed by atoms with Crippen molar-refractivity contribution in [3.8, 4) is 6.07 Å². The van der Waals surface area contributed by atoms with Crippen molar-refractivity contribution < 1.29 is 0 Å². The molecule has 2 rings (SSSR count). The van der Waals surface area contributed by atoms with Crippen LogP contribution in [0.4, 0.5) is 0 Å². The molecule has 0 aliphatic heterocycles. The van der Waals surface area contributed by atoms with E-state index in [0.717, 1.165) is 22.9 Å². The molecule has 0 N–H and O–H groups in total.